The Morgan fingerprint density at radius 2 is 1.58 bits per heavy atom. The molecule has 0 saturated carbocycles. The third-order valence-corrected chi connectivity index (χ3v) is 4.62. The molecular weight excluding hydrogens is 394 g/mol. The Morgan fingerprint density at radius 3 is 2.19 bits per heavy atom. The van der Waals surface area contributed by atoms with Gasteiger partial charge in [-0.3, -0.25) is 0 Å². The number of nitrogens with one attached hydrogen (secondary N) is 2. The predicted molar refractivity (Wildman–Crippen MR) is 124 cm³/mol. The van der Waals surface area contributed by atoms with Crippen molar-refractivity contribution in [2.75, 3.05) is 47.6 Å². The van der Waals surface area contributed by atoms with Crippen molar-refractivity contribution in [3.8, 4) is 17.2 Å². The van der Waals surface area contributed by atoms with Crippen LogP contribution in [-0.4, -0.2) is 53.6 Å². The van der Waals surface area contributed by atoms with Gasteiger partial charge in [-0.25, -0.2) is 4.99 Å². The van der Waals surface area contributed by atoms with E-state index in [1.54, 1.807) is 21.3 Å². The van der Waals surface area contributed by atoms with E-state index in [1.165, 1.54) is 5.56 Å². The summed E-state index contributed by atoms with van der Waals surface area (Å²) in [5, 5.41) is 6.62. The van der Waals surface area contributed by atoms with Crippen LogP contribution in [0.3, 0.4) is 0 Å². The Hall–Kier alpha value is -2.93. The maximum Gasteiger partial charge on any atom is 0.203 e. The molecule has 0 radical (unpaired) electrons. The summed E-state index contributed by atoms with van der Waals surface area (Å²) in [5.74, 6) is 2.59. The van der Waals surface area contributed by atoms with Crippen LogP contribution in [0.4, 0.5) is 0 Å². The Bertz CT molecular complexity index is 772. The Labute approximate surface area is 185 Å². The van der Waals surface area contributed by atoms with Crippen molar-refractivity contribution in [1.82, 2.24) is 10.6 Å². The van der Waals surface area contributed by atoms with Crippen molar-refractivity contribution in [2.45, 2.75) is 26.3 Å². The van der Waals surface area contributed by atoms with E-state index in [0.29, 0.717) is 30.4 Å². The van der Waals surface area contributed by atoms with Gasteiger partial charge in [-0.1, -0.05) is 30.3 Å². The normalized spacial score (nSPS) is 11.2. The van der Waals surface area contributed by atoms with Crippen LogP contribution in [0.5, 0.6) is 17.2 Å². The summed E-state index contributed by atoms with van der Waals surface area (Å²) >= 11 is 0. The molecule has 2 N–H and O–H groups in total. The van der Waals surface area contributed by atoms with Gasteiger partial charge in [-0.15, -0.1) is 0 Å². The lowest BCUT2D eigenvalue weighted by molar-refractivity contribution is 0.135. The van der Waals surface area contributed by atoms with Gasteiger partial charge in [0.1, 0.15) is 0 Å². The molecule has 7 nitrogen and oxygen atoms in total. The molecule has 0 amide bonds. The standard InChI is InChI=1S/C24H35N3O4/c1-5-25-24(26-13-9-14-31-15-12-19-10-7-6-8-11-19)27-18-20-16-21(28-2)23(30-4)22(17-20)29-3/h6-8,10-11,16-17H,5,9,12-15,18H2,1-4H3,(H2,25,26,27). The molecule has 170 valence electrons. The first-order valence-corrected chi connectivity index (χ1v) is 10.6. The summed E-state index contributed by atoms with van der Waals surface area (Å²) in [6, 6.07) is 14.2. The molecule has 2 rings (SSSR count). The molecule has 0 unspecified atom stereocenters. The van der Waals surface area contributed by atoms with Crippen LogP contribution in [-0.2, 0) is 17.7 Å². The maximum atomic E-state index is 5.74. The van der Waals surface area contributed by atoms with Crippen molar-refractivity contribution >= 4 is 5.96 Å². The predicted octanol–water partition coefficient (Wildman–Crippen LogP) is 3.42. The van der Waals surface area contributed by atoms with Gasteiger partial charge >= 0.3 is 0 Å². The average molecular weight is 430 g/mol. The summed E-state index contributed by atoms with van der Waals surface area (Å²) < 4.78 is 21.9. The molecule has 0 spiro atoms. The zero-order valence-corrected chi connectivity index (χ0v) is 19.1. The van der Waals surface area contributed by atoms with E-state index in [0.717, 1.165) is 44.1 Å². The number of rotatable bonds is 13. The summed E-state index contributed by atoms with van der Waals surface area (Å²) in [5.41, 5.74) is 2.27. The van der Waals surface area contributed by atoms with Gasteiger partial charge in [0.25, 0.3) is 0 Å². The molecule has 0 aliphatic heterocycles. The summed E-state index contributed by atoms with van der Waals surface area (Å²) in [6.45, 7) is 5.55. The van der Waals surface area contributed by atoms with Gasteiger partial charge in [-0.2, -0.15) is 0 Å². The average Bonchev–Trinajstić information content (AvgIpc) is 2.81. The number of ether oxygens (including phenoxy) is 4. The zero-order chi connectivity index (χ0) is 22.3. The fourth-order valence-electron chi connectivity index (χ4n) is 3.06. The van der Waals surface area contributed by atoms with Crippen molar-refractivity contribution < 1.29 is 18.9 Å². The van der Waals surface area contributed by atoms with Crippen LogP contribution in [0.25, 0.3) is 0 Å². The van der Waals surface area contributed by atoms with Gasteiger partial charge in [0, 0.05) is 19.7 Å². The van der Waals surface area contributed by atoms with Gasteiger partial charge in [0.05, 0.1) is 34.5 Å². The van der Waals surface area contributed by atoms with Gasteiger partial charge in [0.15, 0.2) is 17.5 Å². The second kappa shape index (κ2) is 14.1. The number of benzene rings is 2. The van der Waals surface area contributed by atoms with E-state index in [9.17, 15) is 0 Å². The molecule has 0 atom stereocenters. The fraction of sp³-hybridized carbons (Fsp3) is 0.458. The Kier molecular flexibility index (Phi) is 11.1. The van der Waals surface area contributed by atoms with Gasteiger partial charge < -0.3 is 29.6 Å². The minimum Gasteiger partial charge on any atom is -0.493 e. The molecule has 0 bridgehead atoms. The molecule has 7 heteroatoms. The number of aliphatic imine (C=N–C) groups is 1. The highest BCUT2D eigenvalue weighted by molar-refractivity contribution is 5.79. The largest absolute Gasteiger partial charge is 0.493 e. The van der Waals surface area contributed by atoms with Crippen molar-refractivity contribution in [3.05, 3.63) is 53.6 Å². The lowest BCUT2D eigenvalue weighted by Crippen LogP contribution is -2.38. The number of guanidine groups is 1. The summed E-state index contributed by atoms with van der Waals surface area (Å²) in [6.07, 6.45) is 1.84. The fourth-order valence-corrected chi connectivity index (χ4v) is 3.06. The lowest BCUT2D eigenvalue weighted by Gasteiger charge is -2.14. The topological polar surface area (TPSA) is 73.3 Å². The van der Waals surface area contributed by atoms with Crippen LogP contribution in [0.1, 0.15) is 24.5 Å². The van der Waals surface area contributed by atoms with E-state index in [4.69, 9.17) is 18.9 Å². The zero-order valence-electron chi connectivity index (χ0n) is 19.1. The van der Waals surface area contributed by atoms with E-state index in [1.807, 2.05) is 25.1 Å². The van der Waals surface area contributed by atoms with Crippen LogP contribution < -0.4 is 24.8 Å². The first-order chi connectivity index (χ1) is 15.2. The molecule has 2 aromatic rings. The minimum atomic E-state index is 0.486. The highest BCUT2D eigenvalue weighted by atomic mass is 16.5. The van der Waals surface area contributed by atoms with E-state index in [-0.39, 0.29) is 0 Å². The number of nitrogens with zero attached hydrogens (tertiary/aromatic N) is 1. The van der Waals surface area contributed by atoms with Crippen LogP contribution >= 0.6 is 0 Å². The van der Waals surface area contributed by atoms with Crippen molar-refractivity contribution in [2.24, 2.45) is 4.99 Å². The van der Waals surface area contributed by atoms with Crippen LogP contribution in [0, 0.1) is 0 Å². The minimum absolute atomic E-state index is 0.486. The number of hydrogen-bond acceptors (Lipinski definition) is 5. The molecule has 0 saturated heterocycles. The molecule has 0 heterocycles. The molecule has 0 aliphatic rings. The molecule has 31 heavy (non-hydrogen) atoms. The quantitative estimate of drug-likeness (QED) is 0.289. The van der Waals surface area contributed by atoms with E-state index < -0.39 is 0 Å². The van der Waals surface area contributed by atoms with Crippen molar-refractivity contribution in [3.63, 3.8) is 0 Å². The summed E-state index contributed by atoms with van der Waals surface area (Å²) in [4.78, 5) is 4.67. The first kappa shape index (κ1) is 24.3. The molecular formula is C24H35N3O4. The van der Waals surface area contributed by atoms with E-state index in [2.05, 4.69) is 39.9 Å². The monoisotopic (exact) mass is 429 g/mol. The Morgan fingerprint density at radius 1 is 0.871 bits per heavy atom. The Balaban J connectivity index is 1.79. The highest BCUT2D eigenvalue weighted by Gasteiger charge is 2.13. The van der Waals surface area contributed by atoms with Crippen LogP contribution in [0.2, 0.25) is 0 Å². The van der Waals surface area contributed by atoms with Gasteiger partial charge in [0.2, 0.25) is 5.75 Å². The van der Waals surface area contributed by atoms with Crippen molar-refractivity contribution in [1.29, 1.82) is 0 Å². The SMILES string of the molecule is CCNC(=NCc1cc(OC)c(OC)c(OC)c1)NCCCOCCc1ccccc1. The molecule has 0 fully saturated rings. The third-order valence-electron chi connectivity index (χ3n) is 4.62. The molecule has 0 aromatic heterocycles. The molecule has 2 aromatic carbocycles. The number of hydrogen-bond donors (Lipinski definition) is 2. The van der Waals surface area contributed by atoms with E-state index >= 15 is 0 Å². The molecule has 0 aliphatic carbocycles. The lowest BCUT2D eigenvalue weighted by atomic mass is 10.2. The smallest absolute Gasteiger partial charge is 0.203 e. The highest BCUT2D eigenvalue weighted by Crippen LogP contribution is 2.38. The van der Waals surface area contributed by atoms with Crippen LogP contribution in [0.15, 0.2) is 47.5 Å². The third kappa shape index (κ3) is 8.38. The first-order valence-electron chi connectivity index (χ1n) is 10.6. The summed E-state index contributed by atoms with van der Waals surface area (Å²) in [7, 11) is 4.81. The van der Waals surface area contributed by atoms with Gasteiger partial charge in [-0.05, 0) is 43.0 Å². The number of methoxy groups -OCH3 is 3. The second-order valence-corrected chi connectivity index (χ2v) is 6.86. The maximum absolute atomic E-state index is 5.74. The second-order valence-electron chi connectivity index (χ2n) is 6.86.